The summed E-state index contributed by atoms with van der Waals surface area (Å²) in [7, 11) is 0. The van der Waals surface area contributed by atoms with E-state index in [4.69, 9.17) is 0 Å². The quantitative estimate of drug-likeness (QED) is 0.455. The zero-order chi connectivity index (χ0) is 24.0. The molecule has 5 atom stereocenters. The van der Waals surface area contributed by atoms with Crippen LogP contribution in [0.2, 0.25) is 0 Å². The predicted octanol–water partition coefficient (Wildman–Crippen LogP) is 2.24. The maximum atomic E-state index is 14.5. The number of amides is 1. The van der Waals surface area contributed by atoms with E-state index in [9.17, 15) is 28.2 Å². The minimum absolute atomic E-state index is 0.109. The van der Waals surface area contributed by atoms with Crippen molar-refractivity contribution in [2.24, 2.45) is 0 Å². The van der Waals surface area contributed by atoms with Gasteiger partial charge in [-0.1, -0.05) is 0 Å². The zero-order valence-corrected chi connectivity index (χ0v) is 18.0. The first kappa shape index (κ1) is 22.5. The molecule has 9 nitrogen and oxygen atoms in total. The van der Waals surface area contributed by atoms with Crippen molar-refractivity contribution in [3.8, 4) is 0 Å². The Kier molecular flexibility index (Phi) is 5.86. The van der Waals surface area contributed by atoms with Gasteiger partial charge in [-0.05, 0) is 37.5 Å². The number of anilines is 1. The fourth-order valence-corrected chi connectivity index (χ4v) is 4.82. The first-order valence-electron chi connectivity index (χ1n) is 11.0. The van der Waals surface area contributed by atoms with Crippen molar-refractivity contribution in [2.75, 3.05) is 11.9 Å². The fourth-order valence-electron chi connectivity index (χ4n) is 4.82. The molecule has 4 N–H and O–H groups in total. The van der Waals surface area contributed by atoms with Crippen LogP contribution in [0.5, 0.6) is 0 Å². The van der Waals surface area contributed by atoms with Gasteiger partial charge in [0.15, 0.2) is 11.3 Å². The monoisotopic (exact) mass is 476 g/mol. The summed E-state index contributed by atoms with van der Waals surface area (Å²) in [5, 5.41) is 30.3. The average molecular weight is 476 g/mol. The standard InChI is InChI=1S/C22H23F3N6O3/c23-10-4-5-13(25)12(6-10)15-7-11(24)8-31(15)22(34)18-17-20(26-9-27-21(17)30-29-18)28-14-2-1-3-16(32)19(14)33/h4-6,9,11,14-16,19,32-33H,1-3,7-8H2,(H2,26,27,28,29,30)/t11-,14+,15+,16+,19-/m0/s1. The molecule has 1 amide bonds. The van der Waals surface area contributed by atoms with Crippen LogP contribution in [0.1, 0.15) is 47.8 Å². The van der Waals surface area contributed by atoms with Crippen LogP contribution in [-0.4, -0.2) is 72.2 Å². The van der Waals surface area contributed by atoms with Crippen molar-refractivity contribution >= 4 is 22.8 Å². The minimum atomic E-state index is -1.42. The molecule has 180 valence electrons. The molecule has 1 saturated heterocycles. The lowest BCUT2D eigenvalue weighted by atomic mass is 9.90. The lowest BCUT2D eigenvalue weighted by molar-refractivity contribution is -0.0161. The van der Waals surface area contributed by atoms with Crippen LogP contribution in [-0.2, 0) is 0 Å². The molecule has 3 heterocycles. The number of carbonyl (C=O) groups is 1. The van der Waals surface area contributed by atoms with Crippen LogP contribution in [0.3, 0.4) is 0 Å². The lowest BCUT2D eigenvalue weighted by Crippen LogP contribution is -2.45. The van der Waals surface area contributed by atoms with Gasteiger partial charge in [-0.25, -0.2) is 23.1 Å². The zero-order valence-electron chi connectivity index (χ0n) is 18.0. The van der Waals surface area contributed by atoms with E-state index < -0.39 is 48.0 Å². The van der Waals surface area contributed by atoms with E-state index in [1.165, 1.54) is 6.33 Å². The maximum Gasteiger partial charge on any atom is 0.275 e. The Bertz CT molecular complexity index is 1220. The van der Waals surface area contributed by atoms with E-state index in [-0.39, 0.29) is 41.1 Å². The van der Waals surface area contributed by atoms with Gasteiger partial charge in [0.2, 0.25) is 0 Å². The predicted molar refractivity (Wildman–Crippen MR) is 115 cm³/mol. The Morgan fingerprint density at radius 2 is 2.03 bits per heavy atom. The molecule has 2 fully saturated rings. The fraction of sp³-hybridized carbons (Fsp3) is 0.455. The van der Waals surface area contributed by atoms with Crippen molar-refractivity contribution in [2.45, 2.75) is 56.1 Å². The van der Waals surface area contributed by atoms with Gasteiger partial charge in [0.1, 0.15) is 30.0 Å². The second kappa shape index (κ2) is 8.84. The number of hydrogen-bond donors (Lipinski definition) is 4. The Labute approximate surface area is 192 Å². The van der Waals surface area contributed by atoms with Gasteiger partial charge < -0.3 is 20.4 Å². The number of carbonyl (C=O) groups excluding carboxylic acids is 1. The van der Waals surface area contributed by atoms with Gasteiger partial charge in [-0.3, -0.25) is 9.89 Å². The first-order valence-corrected chi connectivity index (χ1v) is 11.0. The molecule has 5 rings (SSSR count). The summed E-state index contributed by atoms with van der Waals surface area (Å²) < 4.78 is 42.6. The average Bonchev–Trinajstić information content (AvgIpc) is 3.42. The Hall–Kier alpha value is -3.25. The molecule has 12 heteroatoms. The molecule has 0 bridgehead atoms. The highest BCUT2D eigenvalue weighted by Gasteiger charge is 2.40. The summed E-state index contributed by atoms with van der Waals surface area (Å²) in [5.74, 6) is -1.91. The molecule has 1 aliphatic heterocycles. The number of aliphatic hydroxyl groups is 2. The van der Waals surface area contributed by atoms with Crippen LogP contribution in [0, 0.1) is 11.6 Å². The third-order valence-electron chi connectivity index (χ3n) is 6.53. The summed E-state index contributed by atoms with van der Waals surface area (Å²) >= 11 is 0. The van der Waals surface area contributed by atoms with Gasteiger partial charge in [0.05, 0.1) is 36.2 Å². The van der Waals surface area contributed by atoms with Gasteiger partial charge >= 0.3 is 0 Å². The second-order valence-electron chi connectivity index (χ2n) is 8.73. The summed E-state index contributed by atoms with van der Waals surface area (Å²) in [6.45, 7) is -0.308. The van der Waals surface area contributed by atoms with E-state index in [0.717, 1.165) is 23.1 Å². The molecule has 1 saturated carbocycles. The number of benzene rings is 1. The molecule has 3 aromatic rings. The number of nitrogens with one attached hydrogen (secondary N) is 2. The van der Waals surface area contributed by atoms with Crippen LogP contribution in [0.25, 0.3) is 11.0 Å². The number of aliphatic hydroxyl groups excluding tert-OH is 2. The third-order valence-corrected chi connectivity index (χ3v) is 6.53. The first-order chi connectivity index (χ1) is 16.3. The van der Waals surface area contributed by atoms with Crippen molar-refractivity contribution < 1.29 is 28.2 Å². The van der Waals surface area contributed by atoms with Gasteiger partial charge in [0, 0.05) is 12.0 Å². The number of fused-ring (bicyclic) bond motifs is 1. The third kappa shape index (κ3) is 3.96. The smallest absolute Gasteiger partial charge is 0.275 e. The molecular weight excluding hydrogens is 453 g/mol. The Balaban J connectivity index is 1.50. The molecule has 0 unspecified atom stereocenters. The normalized spacial score (nSPS) is 27.3. The number of halogens is 3. The summed E-state index contributed by atoms with van der Waals surface area (Å²) in [6.07, 6.45) is -0.531. The SMILES string of the molecule is O=C(c1n[nH]c2ncnc(N[C@@H]3CCC[C@@H](O)[C@H]3O)c12)N1C[C@@H](F)C[C@@H]1c1cc(F)ccc1F. The number of likely N-dealkylation sites (tertiary alicyclic amines) is 1. The molecular formula is C22H23F3N6O3. The van der Waals surface area contributed by atoms with Gasteiger partial charge in [0.25, 0.3) is 5.91 Å². The Morgan fingerprint density at radius 1 is 1.21 bits per heavy atom. The van der Waals surface area contributed by atoms with Crippen molar-refractivity contribution in [3.05, 3.63) is 47.4 Å². The van der Waals surface area contributed by atoms with Crippen LogP contribution < -0.4 is 5.32 Å². The Morgan fingerprint density at radius 3 is 2.85 bits per heavy atom. The van der Waals surface area contributed by atoms with E-state index in [2.05, 4.69) is 25.5 Å². The number of nitrogens with zero attached hydrogens (tertiary/aromatic N) is 4. The largest absolute Gasteiger partial charge is 0.390 e. The number of aromatic amines is 1. The van der Waals surface area contributed by atoms with Crippen molar-refractivity contribution in [1.29, 1.82) is 0 Å². The molecule has 0 radical (unpaired) electrons. The second-order valence-corrected chi connectivity index (χ2v) is 8.73. The summed E-state index contributed by atoms with van der Waals surface area (Å²) in [4.78, 5) is 22.9. The van der Waals surface area contributed by atoms with Gasteiger partial charge in [-0.2, -0.15) is 5.10 Å². The van der Waals surface area contributed by atoms with E-state index >= 15 is 0 Å². The molecule has 1 aromatic carbocycles. The van der Waals surface area contributed by atoms with Crippen LogP contribution >= 0.6 is 0 Å². The number of aromatic nitrogens is 4. The van der Waals surface area contributed by atoms with Gasteiger partial charge in [-0.15, -0.1) is 0 Å². The summed E-state index contributed by atoms with van der Waals surface area (Å²) in [5.41, 5.74) is 0.0123. The van der Waals surface area contributed by atoms with Crippen molar-refractivity contribution in [3.63, 3.8) is 0 Å². The van der Waals surface area contributed by atoms with Crippen LogP contribution in [0.15, 0.2) is 24.5 Å². The van der Waals surface area contributed by atoms with Crippen molar-refractivity contribution in [1.82, 2.24) is 25.1 Å². The van der Waals surface area contributed by atoms with E-state index in [0.29, 0.717) is 19.3 Å². The highest BCUT2D eigenvalue weighted by Crippen LogP contribution is 2.37. The lowest BCUT2D eigenvalue weighted by Gasteiger charge is -2.32. The molecule has 2 aromatic heterocycles. The number of alkyl halides is 1. The number of hydrogen-bond acceptors (Lipinski definition) is 7. The topological polar surface area (TPSA) is 127 Å². The molecule has 2 aliphatic rings. The van der Waals surface area contributed by atoms with Crippen LogP contribution in [0.4, 0.5) is 19.0 Å². The number of H-pyrrole nitrogens is 1. The van der Waals surface area contributed by atoms with E-state index in [1.54, 1.807) is 0 Å². The number of rotatable bonds is 4. The molecule has 34 heavy (non-hydrogen) atoms. The minimum Gasteiger partial charge on any atom is -0.390 e. The highest BCUT2D eigenvalue weighted by molar-refractivity contribution is 6.07. The highest BCUT2D eigenvalue weighted by atomic mass is 19.1. The maximum absolute atomic E-state index is 14.5. The van der Waals surface area contributed by atoms with E-state index in [1.807, 2.05) is 0 Å². The summed E-state index contributed by atoms with van der Waals surface area (Å²) in [6, 6.07) is 1.34. The molecule has 0 spiro atoms. The molecule has 1 aliphatic carbocycles.